The van der Waals surface area contributed by atoms with Crippen LogP contribution in [0.3, 0.4) is 0 Å². The van der Waals surface area contributed by atoms with E-state index in [-0.39, 0.29) is 5.91 Å². The van der Waals surface area contributed by atoms with Crippen molar-refractivity contribution in [1.82, 2.24) is 5.32 Å². The number of hydrogen-bond donors (Lipinski definition) is 2. The van der Waals surface area contributed by atoms with E-state index in [1.807, 2.05) is 6.07 Å². The van der Waals surface area contributed by atoms with Crippen LogP contribution in [0.15, 0.2) is 30.3 Å². The molecular weight excluding hydrogens is 202 g/mol. The molecule has 0 spiro atoms. The van der Waals surface area contributed by atoms with E-state index < -0.39 is 5.56 Å². The average molecular weight is 214 g/mol. The van der Waals surface area contributed by atoms with Crippen LogP contribution >= 0.6 is 11.6 Å². The Kier molecular flexibility index (Phi) is 4.43. The summed E-state index contributed by atoms with van der Waals surface area (Å²) >= 11 is 5.31. The molecule has 1 atom stereocenters. The minimum Gasteiger partial charge on any atom is -0.378 e. The van der Waals surface area contributed by atoms with Gasteiger partial charge < -0.3 is 10.4 Å². The van der Waals surface area contributed by atoms with E-state index in [1.165, 1.54) is 0 Å². The van der Waals surface area contributed by atoms with Gasteiger partial charge in [0.1, 0.15) is 5.56 Å². The van der Waals surface area contributed by atoms with Gasteiger partial charge in [-0.3, -0.25) is 4.79 Å². The monoisotopic (exact) mass is 213 g/mol. The van der Waals surface area contributed by atoms with Gasteiger partial charge in [0, 0.05) is 18.5 Å². The Morgan fingerprint density at radius 3 is 2.64 bits per heavy atom. The summed E-state index contributed by atoms with van der Waals surface area (Å²) in [5.41, 5.74) is -0.289. The van der Waals surface area contributed by atoms with Gasteiger partial charge in [-0.05, 0) is 12.1 Å². The number of aliphatic hydroxyl groups is 1. The standard InChI is InChI=1S/C10H12ClNO2/c11-9(13)6-7-12-10(14)8-4-2-1-3-5-8/h1-5,9,13H,6-7H2,(H,12,14). The smallest absolute Gasteiger partial charge is 0.251 e. The molecule has 1 rings (SSSR count). The maximum atomic E-state index is 11.4. The van der Waals surface area contributed by atoms with Crippen molar-refractivity contribution in [2.24, 2.45) is 0 Å². The predicted molar refractivity (Wildman–Crippen MR) is 55.3 cm³/mol. The lowest BCUT2D eigenvalue weighted by molar-refractivity contribution is 0.0949. The van der Waals surface area contributed by atoms with E-state index >= 15 is 0 Å². The topological polar surface area (TPSA) is 49.3 Å². The van der Waals surface area contributed by atoms with E-state index in [1.54, 1.807) is 24.3 Å². The normalized spacial score (nSPS) is 12.1. The van der Waals surface area contributed by atoms with Crippen molar-refractivity contribution in [2.75, 3.05) is 6.54 Å². The molecule has 0 radical (unpaired) electrons. The van der Waals surface area contributed by atoms with Crippen LogP contribution in [0.2, 0.25) is 0 Å². The Labute approximate surface area is 87.7 Å². The van der Waals surface area contributed by atoms with Gasteiger partial charge in [-0.1, -0.05) is 29.8 Å². The maximum absolute atomic E-state index is 11.4. The third kappa shape index (κ3) is 3.77. The van der Waals surface area contributed by atoms with Crippen LogP contribution in [0.4, 0.5) is 0 Å². The van der Waals surface area contributed by atoms with Gasteiger partial charge in [0.15, 0.2) is 0 Å². The molecule has 0 bridgehead atoms. The van der Waals surface area contributed by atoms with Crippen LogP contribution < -0.4 is 5.32 Å². The summed E-state index contributed by atoms with van der Waals surface area (Å²) < 4.78 is 0. The number of carbonyl (C=O) groups excluding carboxylic acids is 1. The van der Waals surface area contributed by atoms with Gasteiger partial charge >= 0.3 is 0 Å². The Hall–Kier alpha value is -1.06. The molecule has 1 unspecified atom stereocenters. The molecular formula is C10H12ClNO2. The highest BCUT2D eigenvalue weighted by Crippen LogP contribution is 1.99. The van der Waals surface area contributed by atoms with Crippen molar-refractivity contribution >= 4 is 17.5 Å². The molecule has 0 aliphatic carbocycles. The second kappa shape index (κ2) is 5.62. The number of benzene rings is 1. The molecule has 14 heavy (non-hydrogen) atoms. The first-order valence-corrected chi connectivity index (χ1v) is 4.79. The maximum Gasteiger partial charge on any atom is 0.251 e. The molecule has 0 fully saturated rings. The lowest BCUT2D eigenvalue weighted by atomic mass is 10.2. The molecule has 0 heterocycles. The third-order valence-electron chi connectivity index (χ3n) is 1.70. The Morgan fingerprint density at radius 2 is 2.07 bits per heavy atom. The van der Waals surface area contributed by atoms with Crippen LogP contribution in [-0.4, -0.2) is 23.1 Å². The molecule has 4 heteroatoms. The van der Waals surface area contributed by atoms with Crippen LogP contribution in [0.1, 0.15) is 16.8 Å². The molecule has 1 aromatic rings. The number of carbonyl (C=O) groups is 1. The van der Waals surface area contributed by atoms with Crippen molar-refractivity contribution in [3.05, 3.63) is 35.9 Å². The SMILES string of the molecule is O=C(NCCC(O)Cl)c1ccccc1. The van der Waals surface area contributed by atoms with Crippen LogP contribution in [-0.2, 0) is 0 Å². The first-order chi connectivity index (χ1) is 6.70. The van der Waals surface area contributed by atoms with E-state index in [0.29, 0.717) is 18.5 Å². The van der Waals surface area contributed by atoms with Crippen molar-refractivity contribution < 1.29 is 9.90 Å². The third-order valence-corrected chi connectivity index (χ3v) is 1.92. The summed E-state index contributed by atoms with van der Waals surface area (Å²) in [4.78, 5) is 11.4. The van der Waals surface area contributed by atoms with Crippen LogP contribution in [0.25, 0.3) is 0 Å². The molecule has 3 nitrogen and oxygen atoms in total. The van der Waals surface area contributed by atoms with E-state index in [0.717, 1.165) is 0 Å². The summed E-state index contributed by atoms with van der Waals surface area (Å²) in [5, 5.41) is 11.4. The van der Waals surface area contributed by atoms with Gasteiger partial charge in [0.25, 0.3) is 5.91 Å². The number of amides is 1. The number of rotatable bonds is 4. The minimum absolute atomic E-state index is 0.150. The van der Waals surface area contributed by atoms with Crippen LogP contribution in [0, 0.1) is 0 Å². The second-order valence-corrected chi connectivity index (χ2v) is 3.35. The number of nitrogens with one attached hydrogen (secondary N) is 1. The fourth-order valence-electron chi connectivity index (χ4n) is 0.996. The van der Waals surface area contributed by atoms with E-state index in [2.05, 4.69) is 5.32 Å². The Bertz CT molecular complexity index is 287. The number of halogens is 1. The zero-order chi connectivity index (χ0) is 10.4. The van der Waals surface area contributed by atoms with Gasteiger partial charge in [-0.25, -0.2) is 0 Å². The molecule has 2 N–H and O–H groups in total. The number of aliphatic hydroxyl groups excluding tert-OH is 1. The highest BCUT2D eigenvalue weighted by atomic mass is 35.5. The fraction of sp³-hybridized carbons (Fsp3) is 0.300. The summed E-state index contributed by atoms with van der Waals surface area (Å²) in [6, 6.07) is 8.90. The highest BCUT2D eigenvalue weighted by Gasteiger charge is 2.04. The summed E-state index contributed by atoms with van der Waals surface area (Å²) in [7, 11) is 0. The van der Waals surface area contributed by atoms with Crippen molar-refractivity contribution in [3.63, 3.8) is 0 Å². The molecule has 76 valence electrons. The molecule has 0 aliphatic rings. The quantitative estimate of drug-likeness (QED) is 0.743. The Balaban J connectivity index is 2.36. The lowest BCUT2D eigenvalue weighted by Crippen LogP contribution is -2.25. The van der Waals surface area contributed by atoms with E-state index in [9.17, 15) is 4.79 Å². The second-order valence-electron chi connectivity index (χ2n) is 2.85. The van der Waals surface area contributed by atoms with E-state index in [4.69, 9.17) is 16.7 Å². The first-order valence-electron chi connectivity index (χ1n) is 4.35. The lowest BCUT2D eigenvalue weighted by Gasteiger charge is -2.05. The van der Waals surface area contributed by atoms with Gasteiger partial charge in [-0.2, -0.15) is 0 Å². The fourth-order valence-corrected chi connectivity index (χ4v) is 1.11. The molecule has 1 amide bonds. The van der Waals surface area contributed by atoms with Gasteiger partial charge in [0.2, 0.25) is 0 Å². The van der Waals surface area contributed by atoms with Crippen molar-refractivity contribution in [2.45, 2.75) is 12.0 Å². The zero-order valence-electron chi connectivity index (χ0n) is 7.61. The summed E-state index contributed by atoms with van der Waals surface area (Å²) in [5.74, 6) is -0.150. The van der Waals surface area contributed by atoms with Crippen molar-refractivity contribution in [3.8, 4) is 0 Å². The molecule has 0 saturated heterocycles. The predicted octanol–water partition coefficient (Wildman–Crippen LogP) is 1.36. The first kappa shape index (κ1) is 11.0. The molecule has 0 saturated carbocycles. The van der Waals surface area contributed by atoms with Crippen LogP contribution in [0.5, 0.6) is 0 Å². The van der Waals surface area contributed by atoms with Gasteiger partial charge in [0.05, 0.1) is 0 Å². The largest absolute Gasteiger partial charge is 0.378 e. The number of hydrogen-bond acceptors (Lipinski definition) is 2. The molecule has 1 aromatic carbocycles. The molecule has 0 aromatic heterocycles. The Morgan fingerprint density at radius 1 is 1.43 bits per heavy atom. The zero-order valence-corrected chi connectivity index (χ0v) is 8.37. The average Bonchev–Trinajstić information content (AvgIpc) is 2.18. The number of alkyl halides is 1. The van der Waals surface area contributed by atoms with Crippen molar-refractivity contribution in [1.29, 1.82) is 0 Å². The summed E-state index contributed by atoms with van der Waals surface area (Å²) in [6.07, 6.45) is 0.347. The van der Waals surface area contributed by atoms with Gasteiger partial charge in [-0.15, -0.1) is 0 Å². The minimum atomic E-state index is -0.897. The highest BCUT2D eigenvalue weighted by molar-refractivity contribution is 6.19. The summed E-state index contributed by atoms with van der Waals surface area (Å²) in [6.45, 7) is 0.373. The molecule has 0 aliphatic heterocycles.